The number of alkyl halides is 3. The first kappa shape index (κ1) is 14.7. The molecule has 0 aromatic heterocycles. The third-order valence-electron chi connectivity index (χ3n) is 3.10. The van der Waals surface area contributed by atoms with Crippen LogP contribution in [0.4, 0.5) is 18.9 Å². The Kier molecular flexibility index (Phi) is 4.73. The molecular formula is C13H15BrF3NO. The Bertz CT molecular complexity index is 430. The van der Waals surface area contributed by atoms with Crippen molar-refractivity contribution in [3.63, 3.8) is 0 Å². The molecule has 1 saturated heterocycles. The van der Waals surface area contributed by atoms with E-state index in [1.54, 1.807) is 0 Å². The maximum absolute atomic E-state index is 12.5. The summed E-state index contributed by atoms with van der Waals surface area (Å²) in [6.07, 6.45) is -1.00. The number of nitrogens with one attached hydrogen (secondary N) is 1. The van der Waals surface area contributed by atoms with Crippen molar-refractivity contribution in [2.24, 2.45) is 0 Å². The van der Waals surface area contributed by atoms with Gasteiger partial charge in [0.25, 0.3) is 0 Å². The third-order valence-corrected chi connectivity index (χ3v) is 3.76. The molecule has 19 heavy (non-hydrogen) atoms. The Labute approximate surface area is 118 Å². The molecule has 1 aliphatic rings. The van der Waals surface area contributed by atoms with Crippen LogP contribution in [-0.2, 0) is 10.9 Å². The zero-order valence-corrected chi connectivity index (χ0v) is 11.9. The SMILES string of the molecule is FC(F)(F)c1ccc(NCCC2CCCO2)c(Br)c1. The fraction of sp³-hybridized carbons (Fsp3) is 0.538. The molecule has 1 aromatic carbocycles. The number of halogens is 4. The molecule has 0 amide bonds. The lowest BCUT2D eigenvalue weighted by Gasteiger charge is -2.13. The van der Waals surface area contributed by atoms with E-state index in [2.05, 4.69) is 21.2 Å². The van der Waals surface area contributed by atoms with E-state index in [-0.39, 0.29) is 6.10 Å². The van der Waals surface area contributed by atoms with Gasteiger partial charge in [0.1, 0.15) is 0 Å². The van der Waals surface area contributed by atoms with Crippen molar-refractivity contribution < 1.29 is 17.9 Å². The highest BCUT2D eigenvalue weighted by Crippen LogP contribution is 2.33. The Morgan fingerprint density at radius 2 is 2.16 bits per heavy atom. The standard InChI is InChI=1S/C13H15BrF3NO/c14-11-8-9(13(15,16)17)3-4-12(11)18-6-5-10-2-1-7-19-10/h3-4,8,10,18H,1-2,5-7H2. The number of ether oxygens (including phenoxy) is 1. The van der Waals surface area contributed by atoms with Crippen LogP contribution in [0.25, 0.3) is 0 Å². The van der Waals surface area contributed by atoms with E-state index < -0.39 is 11.7 Å². The lowest BCUT2D eigenvalue weighted by atomic mass is 10.1. The molecule has 0 saturated carbocycles. The lowest BCUT2D eigenvalue weighted by Crippen LogP contribution is -2.13. The van der Waals surface area contributed by atoms with Crippen LogP contribution in [0.5, 0.6) is 0 Å². The van der Waals surface area contributed by atoms with Crippen molar-refractivity contribution in [3.8, 4) is 0 Å². The highest BCUT2D eigenvalue weighted by Gasteiger charge is 2.30. The maximum Gasteiger partial charge on any atom is 0.416 e. The van der Waals surface area contributed by atoms with Gasteiger partial charge in [-0.3, -0.25) is 0 Å². The normalized spacial score (nSPS) is 19.7. The summed E-state index contributed by atoms with van der Waals surface area (Å²) < 4.78 is 43.4. The molecule has 1 aliphatic heterocycles. The van der Waals surface area contributed by atoms with Gasteiger partial charge in [-0.15, -0.1) is 0 Å². The summed E-state index contributed by atoms with van der Waals surface area (Å²) >= 11 is 3.16. The lowest BCUT2D eigenvalue weighted by molar-refractivity contribution is -0.137. The molecule has 2 nitrogen and oxygen atoms in total. The molecule has 1 fully saturated rings. The minimum atomic E-state index is -4.31. The molecule has 1 heterocycles. The van der Waals surface area contributed by atoms with Crippen molar-refractivity contribution in [2.75, 3.05) is 18.5 Å². The topological polar surface area (TPSA) is 21.3 Å². The van der Waals surface area contributed by atoms with Gasteiger partial charge in [0.2, 0.25) is 0 Å². The summed E-state index contributed by atoms with van der Waals surface area (Å²) in [7, 11) is 0. The van der Waals surface area contributed by atoms with Gasteiger partial charge < -0.3 is 10.1 Å². The van der Waals surface area contributed by atoms with Crippen LogP contribution in [0.3, 0.4) is 0 Å². The Hall–Kier alpha value is -0.750. The fourth-order valence-corrected chi connectivity index (χ4v) is 2.59. The second-order valence-electron chi connectivity index (χ2n) is 4.54. The number of hydrogen-bond acceptors (Lipinski definition) is 2. The van der Waals surface area contributed by atoms with Gasteiger partial charge in [-0.1, -0.05) is 0 Å². The van der Waals surface area contributed by atoms with Crippen LogP contribution in [0.2, 0.25) is 0 Å². The fourth-order valence-electron chi connectivity index (χ4n) is 2.07. The molecule has 2 rings (SSSR count). The second kappa shape index (κ2) is 6.13. The monoisotopic (exact) mass is 337 g/mol. The highest BCUT2D eigenvalue weighted by molar-refractivity contribution is 9.10. The number of benzene rings is 1. The van der Waals surface area contributed by atoms with E-state index >= 15 is 0 Å². The van der Waals surface area contributed by atoms with Crippen LogP contribution in [0, 0.1) is 0 Å². The van der Waals surface area contributed by atoms with Crippen molar-refractivity contribution >= 4 is 21.6 Å². The van der Waals surface area contributed by atoms with Crippen LogP contribution >= 0.6 is 15.9 Å². The summed E-state index contributed by atoms with van der Waals surface area (Å²) in [5.74, 6) is 0. The van der Waals surface area contributed by atoms with E-state index in [4.69, 9.17) is 4.74 Å². The van der Waals surface area contributed by atoms with E-state index in [0.717, 1.165) is 38.0 Å². The van der Waals surface area contributed by atoms with Gasteiger partial charge >= 0.3 is 6.18 Å². The second-order valence-corrected chi connectivity index (χ2v) is 5.40. The molecule has 0 spiro atoms. The smallest absolute Gasteiger partial charge is 0.384 e. The molecule has 1 atom stereocenters. The molecular weight excluding hydrogens is 323 g/mol. The first-order valence-corrected chi connectivity index (χ1v) is 6.98. The number of rotatable bonds is 4. The average molecular weight is 338 g/mol. The molecule has 1 aromatic rings. The highest BCUT2D eigenvalue weighted by atomic mass is 79.9. The summed E-state index contributed by atoms with van der Waals surface area (Å²) in [5, 5.41) is 3.12. The summed E-state index contributed by atoms with van der Waals surface area (Å²) in [6.45, 7) is 1.50. The van der Waals surface area contributed by atoms with Gasteiger partial charge in [0, 0.05) is 23.3 Å². The van der Waals surface area contributed by atoms with Gasteiger partial charge in [-0.25, -0.2) is 0 Å². The Balaban J connectivity index is 1.90. The van der Waals surface area contributed by atoms with Gasteiger partial charge in [-0.05, 0) is 53.4 Å². The number of anilines is 1. The van der Waals surface area contributed by atoms with E-state index in [1.807, 2.05) is 0 Å². The van der Waals surface area contributed by atoms with E-state index in [9.17, 15) is 13.2 Å². The van der Waals surface area contributed by atoms with Crippen molar-refractivity contribution in [1.82, 2.24) is 0 Å². The van der Waals surface area contributed by atoms with Crippen LogP contribution in [0.15, 0.2) is 22.7 Å². The molecule has 1 N–H and O–H groups in total. The zero-order valence-electron chi connectivity index (χ0n) is 10.3. The largest absolute Gasteiger partial charge is 0.416 e. The predicted octanol–water partition coefficient (Wildman–Crippen LogP) is 4.45. The van der Waals surface area contributed by atoms with Crippen molar-refractivity contribution in [3.05, 3.63) is 28.2 Å². The predicted molar refractivity (Wildman–Crippen MR) is 71.2 cm³/mol. The van der Waals surface area contributed by atoms with Gasteiger partial charge in [0.15, 0.2) is 0 Å². The van der Waals surface area contributed by atoms with E-state index in [0.29, 0.717) is 16.7 Å². The maximum atomic E-state index is 12.5. The molecule has 106 valence electrons. The molecule has 0 bridgehead atoms. The Morgan fingerprint density at radius 3 is 2.74 bits per heavy atom. The van der Waals surface area contributed by atoms with Gasteiger partial charge in [-0.2, -0.15) is 13.2 Å². The first-order valence-electron chi connectivity index (χ1n) is 6.19. The zero-order chi connectivity index (χ0) is 13.9. The molecule has 0 aliphatic carbocycles. The minimum Gasteiger partial charge on any atom is -0.384 e. The number of hydrogen-bond donors (Lipinski definition) is 1. The van der Waals surface area contributed by atoms with Crippen LogP contribution in [0.1, 0.15) is 24.8 Å². The minimum absolute atomic E-state index is 0.278. The molecule has 0 radical (unpaired) electrons. The molecule has 6 heteroatoms. The Morgan fingerprint density at radius 1 is 1.37 bits per heavy atom. The third kappa shape index (κ3) is 4.11. The summed E-state index contributed by atoms with van der Waals surface area (Å²) in [4.78, 5) is 0. The van der Waals surface area contributed by atoms with Crippen LogP contribution in [-0.4, -0.2) is 19.3 Å². The quantitative estimate of drug-likeness (QED) is 0.876. The van der Waals surface area contributed by atoms with Crippen molar-refractivity contribution in [2.45, 2.75) is 31.5 Å². The summed E-state index contributed by atoms with van der Waals surface area (Å²) in [6, 6.07) is 3.62. The van der Waals surface area contributed by atoms with Gasteiger partial charge in [0.05, 0.1) is 11.7 Å². The molecule has 1 unspecified atom stereocenters. The summed E-state index contributed by atoms with van der Waals surface area (Å²) in [5.41, 5.74) is 0.0232. The van der Waals surface area contributed by atoms with Crippen molar-refractivity contribution in [1.29, 1.82) is 0 Å². The first-order chi connectivity index (χ1) is 8.97. The van der Waals surface area contributed by atoms with Crippen LogP contribution < -0.4 is 5.32 Å². The average Bonchev–Trinajstić information content (AvgIpc) is 2.83. The van der Waals surface area contributed by atoms with E-state index in [1.165, 1.54) is 6.07 Å².